The molecule has 0 aliphatic carbocycles. The molecule has 8 heteroatoms. The van der Waals surface area contributed by atoms with Crippen molar-refractivity contribution in [2.75, 3.05) is 19.8 Å². The Morgan fingerprint density at radius 1 is 1.19 bits per heavy atom. The van der Waals surface area contributed by atoms with E-state index in [9.17, 15) is 19.5 Å². The number of fused-ring (bicyclic) bond motifs is 2. The summed E-state index contributed by atoms with van der Waals surface area (Å²) >= 11 is 1.54. The van der Waals surface area contributed by atoms with Crippen molar-refractivity contribution < 1.29 is 24.2 Å². The minimum Gasteiger partial charge on any atom is -0.461 e. The van der Waals surface area contributed by atoms with Crippen molar-refractivity contribution >= 4 is 29.5 Å². The largest absolute Gasteiger partial charge is 0.461 e. The zero-order chi connectivity index (χ0) is 23.3. The lowest BCUT2D eigenvalue weighted by atomic mass is 9.75. The first-order valence-electron chi connectivity index (χ1n) is 11.7. The number of nitrogens with zero attached hydrogens (tertiary/aromatic N) is 2. The molecule has 0 radical (unpaired) electrons. The third kappa shape index (κ3) is 3.24. The number of esters is 1. The van der Waals surface area contributed by atoms with E-state index in [0.29, 0.717) is 13.0 Å². The quantitative estimate of drug-likeness (QED) is 0.481. The second-order valence-corrected chi connectivity index (χ2v) is 11.3. The van der Waals surface area contributed by atoms with E-state index in [0.717, 1.165) is 12.8 Å². The van der Waals surface area contributed by atoms with Crippen LogP contribution in [0.4, 0.5) is 0 Å². The maximum absolute atomic E-state index is 14.1. The lowest BCUT2D eigenvalue weighted by molar-refractivity contribution is -0.153. The molecule has 7 atom stereocenters. The van der Waals surface area contributed by atoms with E-state index in [-0.39, 0.29) is 37.0 Å². The molecule has 2 saturated heterocycles. The van der Waals surface area contributed by atoms with Gasteiger partial charge < -0.3 is 19.6 Å². The van der Waals surface area contributed by atoms with Gasteiger partial charge in [-0.2, -0.15) is 0 Å². The molecule has 0 bridgehead atoms. The first-order valence-corrected chi connectivity index (χ1v) is 12.5. The molecule has 2 amide bonds. The summed E-state index contributed by atoms with van der Waals surface area (Å²) in [6.07, 6.45) is 10.2. The molecule has 0 aromatic carbocycles. The van der Waals surface area contributed by atoms with E-state index in [1.54, 1.807) is 4.90 Å². The number of aliphatic hydroxyl groups is 1. The molecule has 176 valence electrons. The number of ether oxygens (including phenoxy) is 1. The molecule has 4 aliphatic rings. The summed E-state index contributed by atoms with van der Waals surface area (Å²) in [6.45, 7) is 8.46. The maximum Gasteiger partial charge on any atom is 0.311 e. The summed E-state index contributed by atoms with van der Waals surface area (Å²) in [7, 11) is 0. The molecule has 0 aromatic rings. The van der Waals surface area contributed by atoms with E-state index >= 15 is 0 Å². The number of likely N-dealkylation sites (tertiary alicyclic amines) is 1. The first kappa shape index (κ1) is 23.4. The average Bonchev–Trinajstić information content (AvgIpc) is 3.01. The van der Waals surface area contributed by atoms with Crippen LogP contribution in [0.15, 0.2) is 24.3 Å². The van der Waals surface area contributed by atoms with Gasteiger partial charge in [0, 0.05) is 17.3 Å². The van der Waals surface area contributed by atoms with Crippen molar-refractivity contribution in [3.8, 4) is 0 Å². The van der Waals surface area contributed by atoms with E-state index in [1.807, 2.05) is 50.0 Å². The molecule has 4 aliphatic heterocycles. The third-order valence-corrected chi connectivity index (χ3v) is 9.39. The summed E-state index contributed by atoms with van der Waals surface area (Å²) in [6, 6.07) is -1.20. The van der Waals surface area contributed by atoms with Crippen LogP contribution in [0.1, 0.15) is 47.0 Å². The van der Waals surface area contributed by atoms with Crippen LogP contribution >= 0.6 is 11.8 Å². The van der Waals surface area contributed by atoms with Crippen molar-refractivity contribution in [2.24, 2.45) is 11.8 Å². The zero-order valence-corrected chi connectivity index (χ0v) is 20.1. The Kier molecular flexibility index (Phi) is 6.22. The molecule has 0 saturated carbocycles. The second-order valence-electron chi connectivity index (χ2n) is 9.55. The topological polar surface area (TPSA) is 87.2 Å². The Morgan fingerprint density at radius 3 is 2.59 bits per heavy atom. The van der Waals surface area contributed by atoms with Crippen LogP contribution in [0.5, 0.6) is 0 Å². The molecule has 2 fully saturated rings. The number of thioether (sulfide) groups is 1. The number of aliphatic hydroxyl groups excluding tert-OH is 1. The average molecular weight is 463 g/mol. The molecule has 0 aromatic heterocycles. The van der Waals surface area contributed by atoms with Gasteiger partial charge in [0.05, 0.1) is 29.2 Å². The van der Waals surface area contributed by atoms with Gasteiger partial charge in [-0.25, -0.2) is 0 Å². The summed E-state index contributed by atoms with van der Waals surface area (Å²) < 4.78 is 3.91. The van der Waals surface area contributed by atoms with Crippen LogP contribution in [0.2, 0.25) is 0 Å². The van der Waals surface area contributed by atoms with Crippen LogP contribution in [-0.2, 0) is 19.1 Å². The van der Waals surface area contributed by atoms with Gasteiger partial charge in [-0.15, -0.1) is 11.8 Å². The molecule has 2 unspecified atom stereocenters. The van der Waals surface area contributed by atoms with E-state index in [2.05, 4.69) is 6.92 Å². The number of hydrogen-bond donors (Lipinski definition) is 1. The van der Waals surface area contributed by atoms with Crippen LogP contribution in [0, 0.1) is 11.8 Å². The fourth-order valence-corrected chi connectivity index (χ4v) is 8.23. The highest BCUT2D eigenvalue weighted by Gasteiger charge is 2.74. The molecule has 1 spiro atoms. The zero-order valence-electron chi connectivity index (χ0n) is 19.3. The Labute approximate surface area is 194 Å². The number of amides is 2. The molecule has 1 N–H and O–H groups in total. The Bertz CT molecular complexity index is 855. The van der Waals surface area contributed by atoms with Gasteiger partial charge in [-0.05, 0) is 32.8 Å². The highest BCUT2D eigenvalue weighted by atomic mass is 32.2. The van der Waals surface area contributed by atoms with Gasteiger partial charge in [0.25, 0.3) is 0 Å². The van der Waals surface area contributed by atoms with Crippen LogP contribution < -0.4 is 0 Å². The lowest BCUT2D eigenvalue weighted by Crippen LogP contribution is -2.57. The van der Waals surface area contributed by atoms with Gasteiger partial charge in [-0.1, -0.05) is 38.5 Å². The Balaban J connectivity index is 1.88. The smallest absolute Gasteiger partial charge is 0.311 e. The number of carbonyl (C=O) groups excluding carboxylic acids is 3. The van der Waals surface area contributed by atoms with E-state index in [4.69, 9.17) is 4.74 Å². The van der Waals surface area contributed by atoms with Crippen LogP contribution in [0.25, 0.3) is 0 Å². The molecular weight excluding hydrogens is 428 g/mol. The highest BCUT2D eigenvalue weighted by Crippen LogP contribution is 2.65. The van der Waals surface area contributed by atoms with E-state index in [1.165, 1.54) is 11.8 Å². The van der Waals surface area contributed by atoms with Gasteiger partial charge in [0.1, 0.15) is 12.6 Å². The highest BCUT2D eigenvalue weighted by molar-refractivity contribution is 8.02. The van der Waals surface area contributed by atoms with Gasteiger partial charge in [0.15, 0.2) is 0 Å². The van der Waals surface area contributed by atoms with E-state index < -0.39 is 33.4 Å². The first-order chi connectivity index (χ1) is 15.3. The maximum atomic E-state index is 14.1. The predicted octanol–water partition coefficient (Wildman–Crippen LogP) is 2.14. The van der Waals surface area contributed by atoms with Gasteiger partial charge >= 0.3 is 5.97 Å². The predicted molar refractivity (Wildman–Crippen MR) is 123 cm³/mol. The lowest BCUT2D eigenvalue weighted by Gasteiger charge is -2.40. The van der Waals surface area contributed by atoms with Gasteiger partial charge in [0.2, 0.25) is 11.8 Å². The normalized spacial score (nSPS) is 38.0. The van der Waals surface area contributed by atoms with Crippen molar-refractivity contribution in [2.45, 2.75) is 74.6 Å². The molecule has 4 heterocycles. The standard InChI is InChI=1S/C24H34N2O5S/c1-5-9-15(3)25-12-7-11-24-17(18-22(30)31-13-8-10-23(18,4)32-24)20(28)26(16(6-2)14-27)19(24)21(25)29/h7-8,10-11,15-19,27H,5-6,9,12-14H2,1-4H3/t15?,16-,17-,18-,19?,23+,24-/m0/s1. The fraction of sp³-hybridized carbons (Fsp3) is 0.708. The minimum atomic E-state index is -0.877. The Hall–Kier alpha value is -1.80. The number of carbonyl (C=O) groups is 3. The minimum absolute atomic E-state index is 0.0369. The fourth-order valence-electron chi connectivity index (χ4n) is 6.09. The van der Waals surface area contributed by atoms with Crippen molar-refractivity contribution in [1.82, 2.24) is 9.80 Å². The van der Waals surface area contributed by atoms with Crippen LogP contribution in [0.3, 0.4) is 0 Å². The number of cyclic esters (lactones) is 1. The van der Waals surface area contributed by atoms with Crippen LogP contribution in [-0.4, -0.2) is 80.1 Å². The summed E-state index contributed by atoms with van der Waals surface area (Å²) in [5.74, 6) is -2.10. The molecule has 32 heavy (non-hydrogen) atoms. The van der Waals surface area contributed by atoms with Crippen molar-refractivity contribution in [3.05, 3.63) is 24.3 Å². The monoisotopic (exact) mass is 462 g/mol. The number of hydrogen-bond acceptors (Lipinski definition) is 6. The third-order valence-electron chi connectivity index (χ3n) is 7.60. The number of rotatable bonds is 6. The Morgan fingerprint density at radius 2 is 1.94 bits per heavy atom. The van der Waals surface area contributed by atoms with Gasteiger partial charge in [-0.3, -0.25) is 14.4 Å². The van der Waals surface area contributed by atoms with Crippen molar-refractivity contribution in [3.63, 3.8) is 0 Å². The second kappa shape index (κ2) is 8.52. The molecule has 4 rings (SSSR count). The summed E-state index contributed by atoms with van der Waals surface area (Å²) in [5.41, 5.74) is 0. The summed E-state index contributed by atoms with van der Waals surface area (Å²) in [4.78, 5) is 44.6. The molecule has 7 nitrogen and oxygen atoms in total. The SMILES string of the molecule is CCCC(C)N1CC=C[C@]23S[C@]4(C)C=CCOC(=O)[C@@H]4[C@H]2C(=O)N([C@@H](CC)CO)C3C1=O. The summed E-state index contributed by atoms with van der Waals surface area (Å²) in [5, 5.41) is 10.1. The van der Waals surface area contributed by atoms with Crippen molar-refractivity contribution in [1.29, 1.82) is 0 Å². The molecular formula is C24H34N2O5S.